The molecule has 1 saturated carbocycles. The number of sulfonamides is 1. The summed E-state index contributed by atoms with van der Waals surface area (Å²) in [7, 11) is -3.06. The van der Waals surface area contributed by atoms with Crippen LogP contribution in [-0.4, -0.2) is 43.6 Å². The Hall–Kier alpha value is -0.130. The summed E-state index contributed by atoms with van der Waals surface area (Å²) < 4.78 is 27.3. The molecule has 0 aromatic rings. The van der Waals surface area contributed by atoms with Crippen molar-refractivity contribution in [3.05, 3.63) is 0 Å². The molecule has 3 rings (SSSR count). The van der Waals surface area contributed by atoms with E-state index in [1.165, 1.54) is 19.3 Å². The van der Waals surface area contributed by atoms with E-state index in [0.717, 1.165) is 38.8 Å². The largest absolute Gasteiger partial charge is 0.315 e. The van der Waals surface area contributed by atoms with Crippen LogP contribution in [0.1, 0.15) is 44.9 Å². The molecule has 3 fully saturated rings. The van der Waals surface area contributed by atoms with E-state index in [1.807, 2.05) is 4.31 Å². The third-order valence-corrected chi connectivity index (χ3v) is 7.31. The second-order valence-corrected chi connectivity index (χ2v) is 8.19. The van der Waals surface area contributed by atoms with Crippen molar-refractivity contribution in [2.24, 2.45) is 5.92 Å². The van der Waals surface area contributed by atoms with Crippen molar-refractivity contribution in [1.82, 2.24) is 9.62 Å². The summed E-state index contributed by atoms with van der Waals surface area (Å²) in [5.41, 5.74) is 0. The third-order valence-electron chi connectivity index (χ3n) is 4.96. The Balaban J connectivity index is 1.76. The van der Waals surface area contributed by atoms with Gasteiger partial charge in [-0.1, -0.05) is 12.8 Å². The molecule has 4 nitrogen and oxygen atoms in total. The Bertz CT molecular complexity index is 390. The van der Waals surface area contributed by atoms with Crippen LogP contribution in [0.2, 0.25) is 0 Å². The molecule has 3 atom stereocenters. The highest BCUT2D eigenvalue weighted by atomic mass is 32.2. The zero-order chi connectivity index (χ0) is 12.6. The summed E-state index contributed by atoms with van der Waals surface area (Å²) in [6.45, 7) is 2.39. The predicted molar refractivity (Wildman–Crippen MR) is 71.9 cm³/mol. The predicted octanol–water partition coefficient (Wildman–Crippen LogP) is 1.33. The minimum atomic E-state index is -3.06. The van der Waals surface area contributed by atoms with E-state index in [-0.39, 0.29) is 5.25 Å². The Morgan fingerprint density at radius 2 is 1.83 bits per heavy atom. The lowest BCUT2D eigenvalue weighted by molar-refractivity contribution is 0.257. The van der Waals surface area contributed by atoms with E-state index in [9.17, 15) is 8.42 Å². The molecule has 3 aliphatic rings. The average Bonchev–Trinajstić information content (AvgIpc) is 2.84. The lowest BCUT2D eigenvalue weighted by Gasteiger charge is -2.34. The van der Waals surface area contributed by atoms with Crippen LogP contribution in [-0.2, 0) is 10.0 Å². The number of nitrogens with zero attached hydrogens (tertiary/aromatic N) is 1. The van der Waals surface area contributed by atoms with E-state index in [2.05, 4.69) is 5.32 Å². The molecule has 0 radical (unpaired) electrons. The summed E-state index contributed by atoms with van der Waals surface area (Å²) in [5.74, 6) is 0.644. The average molecular weight is 272 g/mol. The molecule has 2 heterocycles. The molecule has 0 amide bonds. The van der Waals surface area contributed by atoms with E-state index in [4.69, 9.17) is 0 Å². The first-order chi connectivity index (χ1) is 8.69. The number of piperidine rings is 1. The zero-order valence-electron chi connectivity index (χ0n) is 11.0. The van der Waals surface area contributed by atoms with Crippen LogP contribution in [0.15, 0.2) is 0 Å². The minimum absolute atomic E-state index is 0.174. The van der Waals surface area contributed by atoms with E-state index >= 15 is 0 Å². The van der Waals surface area contributed by atoms with Crippen molar-refractivity contribution in [3.63, 3.8) is 0 Å². The topological polar surface area (TPSA) is 49.4 Å². The van der Waals surface area contributed by atoms with E-state index < -0.39 is 10.0 Å². The summed E-state index contributed by atoms with van der Waals surface area (Å²) in [6, 6.07) is 0.325. The molecule has 5 heteroatoms. The van der Waals surface area contributed by atoms with Crippen LogP contribution in [0.5, 0.6) is 0 Å². The number of fused-ring (bicyclic) bond motifs is 1. The molecule has 3 unspecified atom stereocenters. The molecule has 18 heavy (non-hydrogen) atoms. The van der Waals surface area contributed by atoms with Gasteiger partial charge in [0.25, 0.3) is 0 Å². The van der Waals surface area contributed by atoms with Crippen molar-refractivity contribution in [2.75, 3.05) is 19.6 Å². The number of nitrogens with one attached hydrogen (secondary N) is 1. The number of hydrogen-bond acceptors (Lipinski definition) is 3. The highest BCUT2D eigenvalue weighted by Crippen LogP contribution is 2.38. The van der Waals surface area contributed by atoms with Crippen LogP contribution in [0.3, 0.4) is 0 Å². The zero-order valence-corrected chi connectivity index (χ0v) is 11.8. The van der Waals surface area contributed by atoms with Gasteiger partial charge in [0.15, 0.2) is 0 Å². The Kier molecular flexibility index (Phi) is 3.65. The van der Waals surface area contributed by atoms with Crippen molar-refractivity contribution >= 4 is 10.0 Å². The molecule has 2 aliphatic heterocycles. The number of rotatable bonds is 2. The van der Waals surface area contributed by atoms with Crippen LogP contribution in [0.4, 0.5) is 0 Å². The SMILES string of the molecule is O=S(=O)(C1CCCNC1)N1CCC2CCCCC21. The van der Waals surface area contributed by atoms with Crippen molar-refractivity contribution in [1.29, 1.82) is 0 Å². The first-order valence-electron chi connectivity index (χ1n) is 7.41. The summed E-state index contributed by atoms with van der Waals surface area (Å²) >= 11 is 0. The van der Waals surface area contributed by atoms with Gasteiger partial charge in [-0.25, -0.2) is 8.42 Å². The van der Waals surface area contributed by atoms with Crippen LogP contribution >= 0.6 is 0 Å². The lowest BCUT2D eigenvalue weighted by atomic mass is 9.86. The fourth-order valence-corrected chi connectivity index (χ4v) is 6.14. The van der Waals surface area contributed by atoms with Crippen molar-refractivity contribution in [2.45, 2.75) is 56.2 Å². The molecule has 0 bridgehead atoms. The Morgan fingerprint density at radius 3 is 2.61 bits per heavy atom. The van der Waals surface area contributed by atoms with Gasteiger partial charge >= 0.3 is 0 Å². The Morgan fingerprint density at radius 1 is 1.00 bits per heavy atom. The molecule has 1 aliphatic carbocycles. The molecular weight excluding hydrogens is 248 g/mol. The highest BCUT2D eigenvalue weighted by molar-refractivity contribution is 7.89. The monoisotopic (exact) mass is 272 g/mol. The standard InChI is InChI=1S/C13H24N2O2S/c16-18(17,12-5-3-8-14-10-12)15-9-7-11-4-1-2-6-13(11)15/h11-14H,1-10H2. The van der Waals surface area contributed by atoms with Crippen molar-refractivity contribution in [3.8, 4) is 0 Å². The lowest BCUT2D eigenvalue weighted by Crippen LogP contribution is -2.48. The van der Waals surface area contributed by atoms with Crippen molar-refractivity contribution < 1.29 is 8.42 Å². The molecule has 104 valence electrons. The van der Waals surface area contributed by atoms with Gasteiger partial charge in [0.05, 0.1) is 5.25 Å². The normalized spacial score (nSPS) is 38.6. The molecular formula is C13H24N2O2S. The summed E-state index contributed by atoms with van der Waals surface area (Å²) in [5, 5.41) is 3.06. The summed E-state index contributed by atoms with van der Waals surface area (Å²) in [6.07, 6.45) is 7.74. The third kappa shape index (κ3) is 2.21. The maximum absolute atomic E-state index is 12.7. The van der Waals surface area contributed by atoms with Gasteiger partial charge in [0.2, 0.25) is 10.0 Å². The fourth-order valence-electron chi connectivity index (χ4n) is 3.94. The molecule has 0 spiro atoms. The second-order valence-electron chi connectivity index (χ2n) is 6.02. The smallest absolute Gasteiger partial charge is 0.218 e. The molecule has 0 aromatic heterocycles. The van der Waals surface area contributed by atoms with Crippen LogP contribution in [0.25, 0.3) is 0 Å². The van der Waals surface area contributed by atoms with Gasteiger partial charge in [-0.15, -0.1) is 0 Å². The quantitative estimate of drug-likeness (QED) is 0.825. The van der Waals surface area contributed by atoms with E-state index in [1.54, 1.807) is 0 Å². The maximum atomic E-state index is 12.7. The molecule has 0 aromatic carbocycles. The first-order valence-corrected chi connectivity index (χ1v) is 8.91. The van der Waals surface area contributed by atoms with Gasteiger partial charge in [-0.2, -0.15) is 4.31 Å². The van der Waals surface area contributed by atoms with Gasteiger partial charge in [-0.3, -0.25) is 0 Å². The second kappa shape index (κ2) is 5.10. The summed E-state index contributed by atoms with van der Waals surface area (Å²) in [4.78, 5) is 0. The highest BCUT2D eigenvalue weighted by Gasteiger charge is 2.44. The van der Waals surface area contributed by atoms with E-state index in [0.29, 0.717) is 18.5 Å². The van der Waals surface area contributed by atoms with Crippen LogP contribution in [0, 0.1) is 5.92 Å². The van der Waals surface area contributed by atoms with Gasteiger partial charge in [0, 0.05) is 19.1 Å². The van der Waals surface area contributed by atoms with Gasteiger partial charge < -0.3 is 5.32 Å². The van der Waals surface area contributed by atoms with Gasteiger partial charge in [-0.05, 0) is 44.6 Å². The van der Waals surface area contributed by atoms with Crippen LogP contribution < -0.4 is 5.32 Å². The molecule has 2 saturated heterocycles. The fraction of sp³-hybridized carbons (Fsp3) is 1.00. The minimum Gasteiger partial charge on any atom is -0.315 e. The molecule has 1 N–H and O–H groups in total. The Labute approximate surface area is 110 Å². The number of hydrogen-bond donors (Lipinski definition) is 1. The van der Waals surface area contributed by atoms with Gasteiger partial charge in [0.1, 0.15) is 0 Å². The first kappa shape index (κ1) is 12.9. The maximum Gasteiger partial charge on any atom is 0.218 e.